The number of likely N-dealkylation sites (N-methyl/N-ethyl adjacent to an activating group) is 1. The quantitative estimate of drug-likeness (QED) is 0.851. The van der Waals surface area contributed by atoms with Crippen LogP contribution in [0.4, 0.5) is 5.13 Å². The van der Waals surface area contributed by atoms with Gasteiger partial charge < -0.3 is 5.32 Å². The fourth-order valence-electron chi connectivity index (χ4n) is 7.50. The van der Waals surface area contributed by atoms with E-state index in [4.69, 9.17) is 4.98 Å². The Labute approximate surface area is 160 Å². The molecule has 5 aliphatic rings. The molecule has 1 N–H and O–H groups in total. The summed E-state index contributed by atoms with van der Waals surface area (Å²) in [7, 11) is 0. The Morgan fingerprint density at radius 1 is 1.23 bits per heavy atom. The number of nitrogens with one attached hydrogen (secondary N) is 1. The molecule has 4 bridgehead atoms. The predicted molar refractivity (Wildman–Crippen MR) is 105 cm³/mol. The summed E-state index contributed by atoms with van der Waals surface area (Å²) in [5.74, 6) is 1.01. The van der Waals surface area contributed by atoms with E-state index in [-0.39, 0.29) is 11.3 Å². The van der Waals surface area contributed by atoms with Gasteiger partial charge in [-0.05, 0) is 61.8 Å². The second kappa shape index (κ2) is 5.54. The third-order valence-electron chi connectivity index (χ3n) is 7.59. The first-order valence-electron chi connectivity index (χ1n) is 10.3. The molecule has 26 heavy (non-hydrogen) atoms. The fourth-order valence-corrected chi connectivity index (χ4v) is 8.55. The van der Waals surface area contributed by atoms with Crippen LogP contribution in [0, 0.1) is 22.2 Å². The normalized spacial score (nSPS) is 41.3. The van der Waals surface area contributed by atoms with Gasteiger partial charge in [0, 0.05) is 24.4 Å². The Balaban J connectivity index is 1.37. The topological polar surface area (TPSA) is 45.2 Å². The zero-order valence-corrected chi connectivity index (χ0v) is 17.2. The van der Waals surface area contributed by atoms with Gasteiger partial charge in [-0.1, -0.05) is 20.8 Å². The molecule has 4 saturated carbocycles. The number of nitrogens with zero attached hydrogens (tertiary/aromatic N) is 2. The van der Waals surface area contributed by atoms with Crippen LogP contribution in [0.25, 0.3) is 0 Å². The Morgan fingerprint density at radius 3 is 2.62 bits per heavy atom. The van der Waals surface area contributed by atoms with Crippen molar-refractivity contribution >= 4 is 22.4 Å². The molecule has 2 unspecified atom stereocenters. The van der Waals surface area contributed by atoms with Gasteiger partial charge >= 0.3 is 0 Å². The highest BCUT2D eigenvalue weighted by Gasteiger charge is 2.62. The molecule has 4 aliphatic carbocycles. The number of carbonyl (C=O) groups is 1. The molecule has 1 aromatic rings. The van der Waals surface area contributed by atoms with E-state index in [0.29, 0.717) is 10.8 Å². The van der Waals surface area contributed by atoms with Crippen LogP contribution in [0.3, 0.4) is 0 Å². The molecule has 2 heterocycles. The molecule has 1 aromatic heterocycles. The van der Waals surface area contributed by atoms with Gasteiger partial charge in [-0.2, -0.15) is 0 Å². The molecule has 5 heteroatoms. The smallest absolute Gasteiger partial charge is 0.232 e. The second-order valence-corrected chi connectivity index (χ2v) is 11.5. The fraction of sp³-hybridized carbons (Fsp3) is 0.810. The van der Waals surface area contributed by atoms with Crippen LogP contribution in [0.2, 0.25) is 0 Å². The summed E-state index contributed by atoms with van der Waals surface area (Å²) in [5.41, 5.74) is 1.80. The molecule has 1 aliphatic heterocycles. The Morgan fingerprint density at radius 2 is 1.96 bits per heavy atom. The van der Waals surface area contributed by atoms with Crippen LogP contribution < -0.4 is 5.32 Å². The Kier molecular flexibility index (Phi) is 3.66. The molecule has 0 spiro atoms. The lowest BCUT2D eigenvalue weighted by atomic mass is 9.40. The van der Waals surface area contributed by atoms with Crippen molar-refractivity contribution in [2.75, 3.05) is 18.4 Å². The van der Waals surface area contributed by atoms with Crippen LogP contribution in [-0.2, 0) is 17.8 Å². The summed E-state index contributed by atoms with van der Waals surface area (Å²) in [5, 5.41) is 4.11. The van der Waals surface area contributed by atoms with E-state index in [2.05, 4.69) is 31.0 Å². The average molecular weight is 374 g/mol. The zero-order valence-electron chi connectivity index (χ0n) is 16.4. The van der Waals surface area contributed by atoms with Crippen molar-refractivity contribution in [3.8, 4) is 0 Å². The first-order chi connectivity index (χ1) is 12.3. The van der Waals surface area contributed by atoms with Crippen LogP contribution in [0.1, 0.15) is 69.9 Å². The van der Waals surface area contributed by atoms with E-state index in [1.807, 2.05) is 0 Å². The maximum atomic E-state index is 13.4. The van der Waals surface area contributed by atoms with Gasteiger partial charge in [0.25, 0.3) is 0 Å². The molecule has 6 rings (SSSR count). The SMILES string of the molecule is CCN1CCc2nc(NC(=O)C34CC5CC(C)(CC(C)(C5)C3)C4)sc2C1. The number of hydrogen-bond donors (Lipinski definition) is 1. The van der Waals surface area contributed by atoms with E-state index >= 15 is 0 Å². The zero-order chi connectivity index (χ0) is 18.2. The minimum Gasteiger partial charge on any atom is -0.301 e. The number of fused-ring (bicyclic) bond motifs is 1. The average Bonchev–Trinajstić information content (AvgIpc) is 2.92. The summed E-state index contributed by atoms with van der Waals surface area (Å²) in [6, 6.07) is 0. The van der Waals surface area contributed by atoms with Gasteiger partial charge in [-0.3, -0.25) is 9.69 Å². The molecule has 4 nitrogen and oxygen atoms in total. The number of carbonyl (C=O) groups excluding carboxylic acids is 1. The summed E-state index contributed by atoms with van der Waals surface area (Å²) in [6.45, 7) is 10.2. The van der Waals surface area contributed by atoms with E-state index in [0.717, 1.165) is 56.4 Å². The first kappa shape index (κ1) is 17.2. The lowest BCUT2D eigenvalue weighted by molar-refractivity contribution is -0.165. The Hall–Kier alpha value is -0.940. The third-order valence-corrected chi connectivity index (χ3v) is 8.58. The van der Waals surface area contributed by atoms with Crippen molar-refractivity contribution in [1.29, 1.82) is 0 Å². The van der Waals surface area contributed by atoms with Gasteiger partial charge in [0.2, 0.25) is 5.91 Å². The summed E-state index contributed by atoms with van der Waals surface area (Å²) in [6.07, 6.45) is 8.23. The molecule has 142 valence electrons. The van der Waals surface area contributed by atoms with Gasteiger partial charge in [-0.25, -0.2) is 4.98 Å². The maximum Gasteiger partial charge on any atom is 0.232 e. The minimum absolute atomic E-state index is 0.148. The van der Waals surface area contributed by atoms with Crippen LogP contribution in [0.5, 0.6) is 0 Å². The van der Waals surface area contributed by atoms with E-state index in [1.165, 1.54) is 29.8 Å². The second-order valence-electron chi connectivity index (χ2n) is 10.4. The van der Waals surface area contributed by atoms with Crippen LogP contribution in [-0.4, -0.2) is 28.9 Å². The molecule has 0 radical (unpaired) electrons. The van der Waals surface area contributed by atoms with Crippen molar-refractivity contribution in [3.05, 3.63) is 10.6 Å². The molecular weight excluding hydrogens is 342 g/mol. The van der Waals surface area contributed by atoms with E-state index < -0.39 is 0 Å². The highest BCUT2D eigenvalue weighted by Crippen LogP contribution is 2.69. The predicted octanol–water partition coefficient (Wildman–Crippen LogP) is 4.46. The molecule has 4 fully saturated rings. The van der Waals surface area contributed by atoms with Crippen LogP contribution >= 0.6 is 11.3 Å². The van der Waals surface area contributed by atoms with Crippen LogP contribution in [0.15, 0.2) is 0 Å². The molecule has 1 amide bonds. The molecular formula is C21H31N3OS. The number of amides is 1. The summed E-state index contributed by atoms with van der Waals surface area (Å²) in [4.78, 5) is 22.0. The maximum absolute atomic E-state index is 13.4. The number of rotatable bonds is 3. The van der Waals surface area contributed by atoms with E-state index in [1.54, 1.807) is 11.3 Å². The number of hydrogen-bond acceptors (Lipinski definition) is 4. The number of anilines is 1. The third kappa shape index (κ3) is 2.65. The highest BCUT2D eigenvalue weighted by atomic mass is 32.1. The van der Waals surface area contributed by atoms with Crippen molar-refractivity contribution in [1.82, 2.24) is 9.88 Å². The summed E-state index contributed by atoms with van der Waals surface area (Å²) < 4.78 is 0. The molecule has 0 saturated heterocycles. The van der Waals surface area contributed by atoms with Gasteiger partial charge in [-0.15, -0.1) is 11.3 Å². The van der Waals surface area contributed by atoms with Gasteiger partial charge in [0.1, 0.15) is 0 Å². The van der Waals surface area contributed by atoms with Gasteiger partial charge in [0.15, 0.2) is 5.13 Å². The lowest BCUT2D eigenvalue weighted by Crippen LogP contribution is -2.58. The molecule has 0 aromatic carbocycles. The summed E-state index contributed by atoms with van der Waals surface area (Å²) >= 11 is 1.70. The van der Waals surface area contributed by atoms with Crippen molar-refractivity contribution in [2.45, 2.75) is 72.3 Å². The standard InChI is InChI=1S/C21H31N3OS/c1-4-24-6-5-15-16(10-24)26-18(22-15)23-17(25)21-9-14-7-19(2,12-21)11-20(3,8-14)13-21/h14H,4-13H2,1-3H3,(H,22,23,25). The number of aromatic nitrogens is 1. The van der Waals surface area contributed by atoms with E-state index in [9.17, 15) is 4.79 Å². The van der Waals surface area contributed by atoms with Crippen molar-refractivity contribution in [2.24, 2.45) is 22.2 Å². The lowest BCUT2D eigenvalue weighted by Gasteiger charge is -2.64. The monoisotopic (exact) mass is 373 g/mol. The Bertz CT molecular complexity index is 738. The van der Waals surface area contributed by atoms with Crippen molar-refractivity contribution < 1.29 is 4.79 Å². The van der Waals surface area contributed by atoms with Crippen molar-refractivity contribution in [3.63, 3.8) is 0 Å². The minimum atomic E-state index is -0.148. The highest BCUT2D eigenvalue weighted by molar-refractivity contribution is 7.15. The first-order valence-corrected chi connectivity index (χ1v) is 11.1. The largest absolute Gasteiger partial charge is 0.301 e. The number of thiazole rings is 1. The van der Waals surface area contributed by atoms with Gasteiger partial charge in [0.05, 0.1) is 11.1 Å². The molecule has 2 atom stereocenters.